The third kappa shape index (κ3) is 3.03. The van der Waals surface area contributed by atoms with E-state index in [0.717, 1.165) is 25.2 Å². The van der Waals surface area contributed by atoms with Crippen molar-refractivity contribution in [1.29, 1.82) is 0 Å². The van der Waals surface area contributed by atoms with Crippen molar-refractivity contribution in [2.45, 2.75) is 32.4 Å². The van der Waals surface area contributed by atoms with Crippen LogP contribution in [-0.4, -0.2) is 23.5 Å². The summed E-state index contributed by atoms with van der Waals surface area (Å²) in [6.07, 6.45) is 3.49. The fourth-order valence-corrected chi connectivity index (χ4v) is 1.82. The number of hydrogen-bond donors (Lipinski definition) is 2. The Morgan fingerprint density at radius 1 is 1.56 bits per heavy atom. The second-order valence-electron chi connectivity index (χ2n) is 4.24. The molecule has 4 nitrogen and oxygen atoms in total. The Balaban J connectivity index is 1.72. The van der Waals surface area contributed by atoms with Crippen LogP contribution in [0.25, 0.3) is 0 Å². The maximum Gasteiger partial charge on any atom is 0.220 e. The highest BCUT2D eigenvalue weighted by Crippen LogP contribution is 2.05. The highest BCUT2D eigenvalue weighted by atomic mass is 16.1. The van der Waals surface area contributed by atoms with Gasteiger partial charge in [-0.05, 0) is 25.0 Å². The van der Waals surface area contributed by atoms with Crippen LogP contribution in [0, 0.1) is 6.92 Å². The topological polar surface area (TPSA) is 54.0 Å². The van der Waals surface area contributed by atoms with Crippen LogP contribution in [0.2, 0.25) is 0 Å². The van der Waals surface area contributed by atoms with Crippen molar-refractivity contribution in [2.75, 3.05) is 6.54 Å². The molecule has 0 aliphatic carbocycles. The van der Waals surface area contributed by atoms with E-state index in [1.807, 2.05) is 19.2 Å². The minimum absolute atomic E-state index is 0.170. The van der Waals surface area contributed by atoms with E-state index in [4.69, 9.17) is 0 Å². The van der Waals surface area contributed by atoms with Gasteiger partial charge in [-0.3, -0.25) is 9.78 Å². The largest absolute Gasteiger partial charge is 0.352 e. The van der Waals surface area contributed by atoms with Crippen molar-refractivity contribution in [3.63, 3.8) is 0 Å². The fraction of sp³-hybridized carbons (Fsp3) is 0.500. The first-order valence-corrected chi connectivity index (χ1v) is 5.65. The number of rotatable bonds is 4. The summed E-state index contributed by atoms with van der Waals surface area (Å²) in [4.78, 5) is 15.2. The van der Waals surface area contributed by atoms with Crippen LogP contribution in [0.4, 0.5) is 0 Å². The number of nitrogens with one attached hydrogen (secondary N) is 2. The molecule has 0 aromatic carbocycles. The predicted octanol–water partition coefficient (Wildman–Crippen LogP) is 0.758. The number of carbonyl (C=O) groups is 1. The standard InChI is InChI=1S/C12H17N3O/c1-9-2-3-10(7-14-9)6-13-8-11-4-5-12(16)15-11/h2-3,7,11,13H,4-6,8H2,1H3,(H,15,16). The van der Waals surface area contributed by atoms with E-state index < -0.39 is 0 Å². The van der Waals surface area contributed by atoms with Crippen molar-refractivity contribution in [1.82, 2.24) is 15.6 Å². The van der Waals surface area contributed by atoms with Gasteiger partial charge in [0.2, 0.25) is 5.91 Å². The summed E-state index contributed by atoms with van der Waals surface area (Å²) in [7, 11) is 0. The number of aromatic nitrogens is 1. The molecule has 1 atom stereocenters. The summed E-state index contributed by atoms with van der Waals surface area (Å²) in [5, 5.41) is 6.26. The summed E-state index contributed by atoms with van der Waals surface area (Å²) in [6, 6.07) is 4.38. The molecule has 0 saturated carbocycles. The smallest absolute Gasteiger partial charge is 0.220 e. The number of pyridine rings is 1. The zero-order valence-electron chi connectivity index (χ0n) is 9.49. The predicted molar refractivity (Wildman–Crippen MR) is 61.8 cm³/mol. The number of carbonyl (C=O) groups excluding carboxylic acids is 1. The van der Waals surface area contributed by atoms with E-state index in [-0.39, 0.29) is 5.91 Å². The average molecular weight is 219 g/mol. The summed E-state index contributed by atoms with van der Waals surface area (Å²) in [6.45, 7) is 3.62. The van der Waals surface area contributed by atoms with Crippen LogP contribution in [0.5, 0.6) is 0 Å². The van der Waals surface area contributed by atoms with E-state index in [2.05, 4.69) is 21.7 Å². The Bertz CT molecular complexity index is 361. The lowest BCUT2D eigenvalue weighted by atomic mass is 10.2. The first-order valence-electron chi connectivity index (χ1n) is 5.65. The Morgan fingerprint density at radius 2 is 2.44 bits per heavy atom. The van der Waals surface area contributed by atoms with Crippen LogP contribution in [0.3, 0.4) is 0 Å². The molecule has 1 saturated heterocycles. The molecule has 4 heteroatoms. The molecule has 1 aliphatic rings. The van der Waals surface area contributed by atoms with Crippen molar-refractivity contribution in [3.05, 3.63) is 29.6 Å². The first kappa shape index (κ1) is 11.1. The number of hydrogen-bond acceptors (Lipinski definition) is 3. The molecule has 2 rings (SSSR count). The van der Waals surface area contributed by atoms with Crippen molar-refractivity contribution >= 4 is 5.91 Å². The molecular formula is C12H17N3O. The zero-order chi connectivity index (χ0) is 11.4. The van der Waals surface area contributed by atoms with Gasteiger partial charge in [-0.1, -0.05) is 6.07 Å². The molecule has 1 fully saturated rings. The molecule has 1 aliphatic heterocycles. The normalized spacial score (nSPS) is 19.8. The summed E-state index contributed by atoms with van der Waals surface area (Å²) in [5.41, 5.74) is 2.21. The van der Waals surface area contributed by atoms with E-state index in [1.54, 1.807) is 0 Å². The molecule has 16 heavy (non-hydrogen) atoms. The van der Waals surface area contributed by atoms with E-state index in [1.165, 1.54) is 5.56 Å². The Kier molecular flexibility index (Phi) is 3.51. The number of aryl methyl sites for hydroxylation is 1. The summed E-state index contributed by atoms with van der Waals surface area (Å²) >= 11 is 0. The average Bonchev–Trinajstić information content (AvgIpc) is 2.67. The van der Waals surface area contributed by atoms with Gasteiger partial charge in [-0.2, -0.15) is 0 Å². The zero-order valence-corrected chi connectivity index (χ0v) is 9.49. The molecular weight excluding hydrogens is 202 g/mol. The third-order valence-electron chi connectivity index (χ3n) is 2.78. The van der Waals surface area contributed by atoms with Gasteiger partial charge in [0.1, 0.15) is 0 Å². The van der Waals surface area contributed by atoms with Gasteiger partial charge in [-0.15, -0.1) is 0 Å². The highest BCUT2D eigenvalue weighted by molar-refractivity contribution is 5.78. The molecule has 1 amide bonds. The van der Waals surface area contributed by atoms with Crippen molar-refractivity contribution in [3.8, 4) is 0 Å². The van der Waals surface area contributed by atoms with E-state index in [0.29, 0.717) is 12.5 Å². The molecule has 1 aromatic heterocycles. The van der Waals surface area contributed by atoms with Gasteiger partial charge >= 0.3 is 0 Å². The van der Waals surface area contributed by atoms with Crippen LogP contribution >= 0.6 is 0 Å². The molecule has 2 N–H and O–H groups in total. The Morgan fingerprint density at radius 3 is 3.06 bits per heavy atom. The molecule has 1 aromatic rings. The summed E-state index contributed by atoms with van der Waals surface area (Å²) in [5.74, 6) is 0.170. The lowest BCUT2D eigenvalue weighted by Gasteiger charge is -2.11. The molecule has 0 spiro atoms. The molecule has 1 unspecified atom stereocenters. The van der Waals surface area contributed by atoms with Gasteiger partial charge in [0.15, 0.2) is 0 Å². The monoisotopic (exact) mass is 219 g/mol. The van der Waals surface area contributed by atoms with Crippen LogP contribution in [0.1, 0.15) is 24.1 Å². The van der Waals surface area contributed by atoms with Crippen molar-refractivity contribution < 1.29 is 4.79 Å². The first-order chi connectivity index (χ1) is 7.74. The minimum atomic E-state index is 0.170. The van der Waals surface area contributed by atoms with Gasteiger partial charge in [0.05, 0.1) is 0 Å². The maximum absolute atomic E-state index is 11.0. The fourth-order valence-electron chi connectivity index (χ4n) is 1.82. The minimum Gasteiger partial charge on any atom is -0.352 e. The van der Waals surface area contributed by atoms with Gasteiger partial charge < -0.3 is 10.6 Å². The van der Waals surface area contributed by atoms with Gasteiger partial charge in [0.25, 0.3) is 0 Å². The number of amides is 1. The Hall–Kier alpha value is -1.42. The molecule has 0 bridgehead atoms. The molecule has 86 valence electrons. The third-order valence-corrected chi connectivity index (χ3v) is 2.78. The van der Waals surface area contributed by atoms with E-state index >= 15 is 0 Å². The summed E-state index contributed by atoms with van der Waals surface area (Å²) < 4.78 is 0. The molecule has 2 heterocycles. The van der Waals surface area contributed by atoms with Gasteiger partial charge in [0, 0.05) is 37.4 Å². The SMILES string of the molecule is Cc1ccc(CNCC2CCC(=O)N2)cn1. The molecule has 0 radical (unpaired) electrons. The Labute approximate surface area is 95.5 Å². The van der Waals surface area contributed by atoms with Crippen LogP contribution in [-0.2, 0) is 11.3 Å². The van der Waals surface area contributed by atoms with E-state index in [9.17, 15) is 4.79 Å². The lowest BCUT2D eigenvalue weighted by molar-refractivity contribution is -0.119. The van der Waals surface area contributed by atoms with Crippen molar-refractivity contribution in [2.24, 2.45) is 0 Å². The number of nitrogens with zero attached hydrogens (tertiary/aromatic N) is 1. The van der Waals surface area contributed by atoms with Crippen LogP contribution in [0.15, 0.2) is 18.3 Å². The van der Waals surface area contributed by atoms with Crippen LogP contribution < -0.4 is 10.6 Å². The second-order valence-corrected chi connectivity index (χ2v) is 4.24. The second kappa shape index (κ2) is 5.07. The maximum atomic E-state index is 11.0. The quantitative estimate of drug-likeness (QED) is 0.786. The lowest BCUT2D eigenvalue weighted by Crippen LogP contribution is -2.35. The van der Waals surface area contributed by atoms with Gasteiger partial charge in [-0.25, -0.2) is 0 Å². The highest BCUT2D eigenvalue weighted by Gasteiger charge is 2.19.